The first-order valence-electron chi connectivity index (χ1n) is 5.16. The van der Waals surface area contributed by atoms with Crippen LogP contribution in [-0.2, 0) is 0 Å². The first kappa shape index (κ1) is 13.0. The number of hydrogen-bond donors (Lipinski definition) is 2. The Bertz CT molecular complexity index is 278. The Hall–Kier alpha value is -0.100. The third-order valence-electron chi connectivity index (χ3n) is 1.80. The van der Waals surface area contributed by atoms with Crippen molar-refractivity contribution in [2.45, 2.75) is 30.7 Å². The molecule has 1 rings (SSSR count). The lowest BCUT2D eigenvalue weighted by molar-refractivity contribution is 0.196. The number of nitrogens with zero attached hydrogens (tertiary/aromatic N) is 1. The van der Waals surface area contributed by atoms with Gasteiger partial charge in [0.15, 0.2) is 0 Å². The molecule has 1 aromatic rings. The van der Waals surface area contributed by atoms with Gasteiger partial charge in [0, 0.05) is 23.4 Å². The summed E-state index contributed by atoms with van der Waals surface area (Å²) in [5.74, 6) is 0.712. The summed E-state index contributed by atoms with van der Waals surface area (Å²) in [5.41, 5.74) is 1.06. The zero-order valence-electron chi connectivity index (χ0n) is 9.19. The average molecular weight is 246 g/mol. The smallest absolute Gasteiger partial charge is 0.150 e. The maximum atomic E-state index is 9.64. The number of aryl methyl sites for hydroxylation is 1. The summed E-state index contributed by atoms with van der Waals surface area (Å²) in [7, 11) is 0. The van der Waals surface area contributed by atoms with Crippen LogP contribution in [0.1, 0.15) is 19.0 Å². The van der Waals surface area contributed by atoms with Crippen LogP contribution in [0.25, 0.3) is 0 Å². The fourth-order valence-electron chi connectivity index (χ4n) is 1.07. The molecule has 1 heterocycles. The lowest BCUT2D eigenvalue weighted by atomic mass is 10.4. The minimum Gasteiger partial charge on any atom is -0.391 e. The predicted molar refractivity (Wildman–Crippen MR) is 66.7 cm³/mol. The minimum atomic E-state index is -0.286. The quantitative estimate of drug-likeness (QED) is 0.570. The van der Waals surface area contributed by atoms with Crippen molar-refractivity contribution in [3.63, 3.8) is 0 Å². The molecule has 1 unspecified atom stereocenters. The first-order valence-corrected chi connectivity index (χ1v) is 7.02. The van der Waals surface area contributed by atoms with E-state index in [1.54, 1.807) is 23.1 Å². The van der Waals surface area contributed by atoms with Gasteiger partial charge in [0.25, 0.3) is 0 Å². The first-order chi connectivity index (χ1) is 7.22. The van der Waals surface area contributed by atoms with Crippen LogP contribution in [0.2, 0.25) is 0 Å². The van der Waals surface area contributed by atoms with Gasteiger partial charge in [-0.15, -0.1) is 11.3 Å². The van der Waals surface area contributed by atoms with Crippen LogP contribution in [-0.4, -0.2) is 35.0 Å². The number of nitrogens with one attached hydrogen (secondary N) is 1. The van der Waals surface area contributed by atoms with E-state index >= 15 is 0 Å². The van der Waals surface area contributed by atoms with Crippen molar-refractivity contribution in [2.24, 2.45) is 0 Å². The van der Waals surface area contributed by atoms with Crippen molar-refractivity contribution in [3.05, 3.63) is 11.1 Å². The number of thioether (sulfide) groups is 1. The second-order valence-electron chi connectivity index (χ2n) is 3.42. The molecule has 86 valence electrons. The number of aliphatic hydroxyl groups excluding tert-OH is 1. The molecule has 15 heavy (non-hydrogen) atoms. The van der Waals surface area contributed by atoms with Gasteiger partial charge in [-0.1, -0.05) is 18.7 Å². The maximum Gasteiger partial charge on any atom is 0.150 e. The van der Waals surface area contributed by atoms with E-state index in [2.05, 4.69) is 17.2 Å². The number of rotatable bonds is 7. The lowest BCUT2D eigenvalue weighted by Crippen LogP contribution is -2.28. The van der Waals surface area contributed by atoms with Gasteiger partial charge in [-0.05, 0) is 19.9 Å². The normalized spacial score (nSPS) is 13.0. The van der Waals surface area contributed by atoms with Crippen LogP contribution in [0.3, 0.4) is 0 Å². The third-order valence-corrected chi connectivity index (χ3v) is 4.09. The average Bonchev–Trinajstić information content (AvgIpc) is 2.62. The fourth-order valence-corrected chi connectivity index (χ4v) is 2.87. The second-order valence-corrected chi connectivity index (χ2v) is 5.55. The maximum absolute atomic E-state index is 9.64. The number of hydrogen-bond acceptors (Lipinski definition) is 5. The van der Waals surface area contributed by atoms with E-state index in [4.69, 9.17) is 0 Å². The molecule has 0 amide bonds. The molecule has 0 aliphatic heterocycles. The van der Waals surface area contributed by atoms with Crippen molar-refractivity contribution in [2.75, 3.05) is 18.8 Å². The molecular weight excluding hydrogens is 228 g/mol. The zero-order chi connectivity index (χ0) is 11.1. The Labute approximate surface area is 99.3 Å². The van der Waals surface area contributed by atoms with Crippen LogP contribution >= 0.6 is 23.1 Å². The largest absolute Gasteiger partial charge is 0.391 e. The molecule has 5 heteroatoms. The Kier molecular flexibility index (Phi) is 6.24. The van der Waals surface area contributed by atoms with Crippen LogP contribution in [0.15, 0.2) is 9.72 Å². The van der Waals surface area contributed by atoms with E-state index in [1.165, 1.54) is 0 Å². The summed E-state index contributed by atoms with van der Waals surface area (Å²) in [6.45, 7) is 5.75. The monoisotopic (exact) mass is 246 g/mol. The van der Waals surface area contributed by atoms with Gasteiger partial charge in [-0.2, -0.15) is 0 Å². The SMILES string of the molecule is CCCNCC(O)CSc1nc(C)cs1. The van der Waals surface area contributed by atoms with Crippen molar-refractivity contribution >= 4 is 23.1 Å². The van der Waals surface area contributed by atoms with Gasteiger partial charge in [0.05, 0.1) is 6.10 Å². The summed E-state index contributed by atoms with van der Waals surface area (Å²) in [6, 6.07) is 0. The second kappa shape index (κ2) is 7.22. The van der Waals surface area contributed by atoms with Crippen LogP contribution in [0, 0.1) is 6.92 Å². The van der Waals surface area contributed by atoms with Crippen LogP contribution < -0.4 is 5.32 Å². The molecule has 0 aliphatic carbocycles. The highest BCUT2D eigenvalue weighted by Crippen LogP contribution is 2.22. The van der Waals surface area contributed by atoms with Gasteiger partial charge in [-0.3, -0.25) is 0 Å². The molecule has 0 saturated heterocycles. The molecule has 1 atom stereocenters. The summed E-state index contributed by atoms with van der Waals surface area (Å²) in [6.07, 6.45) is 0.816. The molecule has 0 fully saturated rings. The topological polar surface area (TPSA) is 45.1 Å². The van der Waals surface area contributed by atoms with Crippen molar-refractivity contribution in [3.8, 4) is 0 Å². The van der Waals surface area contributed by atoms with E-state index in [0.29, 0.717) is 12.3 Å². The standard InChI is InChI=1S/C10H18N2OS2/c1-3-4-11-5-9(13)7-15-10-12-8(2)6-14-10/h6,9,11,13H,3-5,7H2,1-2H3. The van der Waals surface area contributed by atoms with Gasteiger partial charge >= 0.3 is 0 Å². The van der Waals surface area contributed by atoms with Crippen molar-refractivity contribution in [1.82, 2.24) is 10.3 Å². The van der Waals surface area contributed by atoms with E-state index in [-0.39, 0.29) is 6.10 Å². The summed E-state index contributed by atoms with van der Waals surface area (Å²) in [4.78, 5) is 4.33. The predicted octanol–water partition coefficient (Wildman–Crippen LogP) is 1.90. The minimum absolute atomic E-state index is 0.286. The Morgan fingerprint density at radius 1 is 1.67 bits per heavy atom. The molecule has 0 saturated carbocycles. The summed E-state index contributed by atoms with van der Waals surface area (Å²) < 4.78 is 1.04. The van der Waals surface area contributed by atoms with Gasteiger partial charge in [0.1, 0.15) is 4.34 Å². The third kappa shape index (κ3) is 5.51. The molecule has 2 N–H and O–H groups in total. The Morgan fingerprint density at radius 2 is 2.47 bits per heavy atom. The Morgan fingerprint density at radius 3 is 3.07 bits per heavy atom. The van der Waals surface area contributed by atoms with E-state index in [1.807, 2.05) is 12.3 Å². The van der Waals surface area contributed by atoms with Crippen LogP contribution in [0.5, 0.6) is 0 Å². The highest BCUT2D eigenvalue weighted by molar-refractivity contribution is 8.01. The molecule has 0 bridgehead atoms. The molecule has 0 aromatic carbocycles. The highest BCUT2D eigenvalue weighted by atomic mass is 32.2. The Balaban J connectivity index is 2.13. The van der Waals surface area contributed by atoms with Crippen molar-refractivity contribution in [1.29, 1.82) is 0 Å². The van der Waals surface area contributed by atoms with E-state index in [9.17, 15) is 5.11 Å². The zero-order valence-corrected chi connectivity index (χ0v) is 10.8. The van der Waals surface area contributed by atoms with E-state index < -0.39 is 0 Å². The molecule has 0 spiro atoms. The fraction of sp³-hybridized carbons (Fsp3) is 0.700. The summed E-state index contributed by atoms with van der Waals surface area (Å²) in [5, 5.41) is 14.9. The number of thiazole rings is 1. The molecule has 0 radical (unpaired) electrons. The molecule has 3 nitrogen and oxygen atoms in total. The molecule has 1 aromatic heterocycles. The van der Waals surface area contributed by atoms with Gasteiger partial charge < -0.3 is 10.4 Å². The van der Waals surface area contributed by atoms with Crippen molar-refractivity contribution < 1.29 is 5.11 Å². The van der Waals surface area contributed by atoms with Crippen LogP contribution in [0.4, 0.5) is 0 Å². The number of aliphatic hydroxyl groups is 1. The summed E-state index contributed by atoms with van der Waals surface area (Å²) >= 11 is 3.27. The molecular formula is C10H18N2OS2. The highest BCUT2D eigenvalue weighted by Gasteiger charge is 2.06. The van der Waals surface area contributed by atoms with Gasteiger partial charge in [-0.25, -0.2) is 4.98 Å². The van der Waals surface area contributed by atoms with E-state index in [0.717, 1.165) is 23.0 Å². The number of aromatic nitrogens is 1. The van der Waals surface area contributed by atoms with Gasteiger partial charge in [0.2, 0.25) is 0 Å². The lowest BCUT2D eigenvalue weighted by Gasteiger charge is -2.09. The molecule has 0 aliphatic rings.